The summed E-state index contributed by atoms with van der Waals surface area (Å²) in [5, 5.41) is 5.72. The number of nitrogens with zero attached hydrogens (tertiary/aromatic N) is 1. The summed E-state index contributed by atoms with van der Waals surface area (Å²) in [6.07, 6.45) is 0.889. The number of carbonyl (C=O) groups is 2. The van der Waals surface area contributed by atoms with Gasteiger partial charge >= 0.3 is 0 Å². The number of hydrogen-bond acceptors (Lipinski definition) is 4. The maximum Gasteiger partial charge on any atom is 0.262 e. The number of para-hydroxylation sites is 2. The fourth-order valence-electron chi connectivity index (χ4n) is 2.88. The van der Waals surface area contributed by atoms with E-state index >= 15 is 0 Å². The second kappa shape index (κ2) is 10.6. The summed E-state index contributed by atoms with van der Waals surface area (Å²) in [6, 6.07) is 12.7. The number of ether oxygens (including phenoxy) is 1. The van der Waals surface area contributed by atoms with E-state index in [1.807, 2.05) is 0 Å². The lowest BCUT2D eigenvalue weighted by Gasteiger charge is -2.21. The van der Waals surface area contributed by atoms with Gasteiger partial charge in [-0.05, 0) is 37.2 Å². The Morgan fingerprint density at radius 1 is 1.07 bits per heavy atom. The van der Waals surface area contributed by atoms with Crippen LogP contribution in [0, 0.1) is 5.82 Å². The molecular formula is C20H23ClFN3O3. The molecule has 0 aromatic heterocycles. The number of amides is 2. The maximum atomic E-state index is 13.6. The van der Waals surface area contributed by atoms with Crippen LogP contribution in [-0.4, -0.2) is 49.5 Å². The molecule has 6 nitrogen and oxygen atoms in total. The highest BCUT2D eigenvalue weighted by Gasteiger charge is 2.20. The minimum Gasteiger partial charge on any atom is -0.483 e. The highest BCUT2D eigenvalue weighted by Crippen LogP contribution is 2.21. The molecule has 1 heterocycles. The van der Waals surface area contributed by atoms with E-state index < -0.39 is 11.7 Å². The van der Waals surface area contributed by atoms with Crippen LogP contribution in [0.25, 0.3) is 0 Å². The molecule has 2 aromatic carbocycles. The number of benzene rings is 2. The molecule has 2 amide bonds. The molecule has 0 radical (unpaired) electrons. The van der Waals surface area contributed by atoms with Crippen molar-refractivity contribution < 1.29 is 18.7 Å². The van der Waals surface area contributed by atoms with Crippen molar-refractivity contribution in [2.24, 2.45) is 0 Å². The number of halogens is 2. The van der Waals surface area contributed by atoms with Crippen LogP contribution in [0.4, 0.5) is 10.1 Å². The minimum atomic E-state index is -0.517. The number of anilines is 1. The Morgan fingerprint density at radius 3 is 2.64 bits per heavy atom. The van der Waals surface area contributed by atoms with Crippen LogP contribution >= 0.6 is 12.4 Å². The van der Waals surface area contributed by atoms with Crippen molar-refractivity contribution in [2.75, 3.05) is 38.1 Å². The number of rotatable bonds is 5. The first-order chi connectivity index (χ1) is 13.1. The van der Waals surface area contributed by atoms with Gasteiger partial charge in [0.25, 0.3) is 11.8 Å². The lowest BCUT2D eigenvalue weighted by atomic mass is 10.1. The zero-order valence-electron chi connectivity index (χ0n) is 15.3. The Bertz CT molecular complexity index is 811. The van der Waals surface area contributed by atoms with E-state index in [1.54, 1.807) is 41.3 Å². The highest BCUT2D eigenvalue weighted by atomic mass is 35.5. The molecule has 28 heavy (non-hydrogen) atoms. The lowest BCUT2D eigenvalue weighted by molar-refractivity contribution is -0.118. The zero-order valence-corrected chi connectivity index (χ0v) is 16.1. The van der Waals surface area contributed by atoms with Crippen molar-refractivity contribution in [3.63, 3.8) is 0 Å². The molecule has 1 fully saturated rings. The zero-order chi connectivity index (χ0) is 19.1. The van der Waals surface area contributed by atoms with Crippen molar-refractivity contribution >= 4 is 29.9 Å². The average Bonchev–Trinajstić information content (AvgIpc) is 2.97. The van der Waals surface area contributed by atoms with Gasteiger partial charge in [0.05, 0.1) is 11.3 Å². The molecule has 1 saturated heterocycles. The Kier molecular flexibility index (Phi) is 8.22. The first-order valence-corrected chi connectivity index (χ1v) is 8.91. The average molecular weight is 408 g/mol. The Labute approximate surface area is 169 Å². The summed E-state index contributed by atoms with van der Waals surface area (Å²) in [4.78, 5) is 26.7. The van der Waals surface area contributed by atoms with Gasteiger partial charge in [-0.25, -0.2) is 4.39 Å². The van der Waals surface area contributed by atoms with Crippen LogP contribution in [0.15, 0.2) is 48.5 Å². The minimum absolute atomic E-state index is 0. The normalized spacial score (nSPS) is 13.8. The van der Waals surface area contributed by atoms with Crippen LogP contribution in [0.1, 0.15) is 16.8 Å². The van der Waals surface area contributed by atoms with Gasteiger partial charge in [-0.15, -0.1) is 12.4 Å². The van der Waals surface area contributed by atoms with Gasteiger partial charge in [-0.3, -0.25) is 9.59 Å². The molecule has 3 rings (SSSR count). The maximum absolute atomic E-state index is 13.6. The first-order valence-electron chi connectivity index (χ1n) is 8.91. The number of nitrogens with one attached hydrogen (secondary N) is 2. The third-order valence-corrected chi connectivity index (χ3v) is 4.25. The Balaban J connectivity index is 0.00000280. The summed E-state index contributed by atoms with van der Waals surface area (Å²) in [6.45, 7) is 2.62. The molecule has 2 aromatic rings. The van der Waals surface area contributed by atoms with Gasteiger partial charge in [0.1, 0.15) is 11.6 Å². The summed E-state index contributed by atoms with van der Waals surface area (Å²) in [5.41, 5.74) is 0.505. The van der Waals surface area contributed by atoms with Gasteiger partial charge < -0.3 is 20.3 Å². The quantitative estimate of drug-likeness (QED) is 0.799. The SMILES string of the molecule is Cl.O=C(COc1ccccc1C(=O)N1CCCNCC1)Nc1ccccc1F. The Hall–Kier alpha value is -2.64. The fraction of sp³-hybridized carbons (Fsp3) is 0.300. The molecule has 0 spiro atoms. The van der Waals surface area contributed by atoms with Crippen LogP contribution in [-0.2, 0) is 4.79 Å². The van der Waals surface area contributed by atoms with Crippen molar-refractivity contribution in [1.82, 2.24) is 10.2 Å². The summed E-state index contributed by atoms with van der Waals surface area (Å²) in [7, 11) is 0. The third-order valence-electron chi connectivity index (χ3n) is 4.25. The van der Waals surface area contributed by atoms with Crippen LogP contribution < -0.4 is 15.4 Å². The van der Waals surface area contributed by atoms with E-state index in [4.69, 9.17) is 4.74 Å². The second-order valence-corrected chi connectivity index (χ2v) is 6.21. The predicted molar refractivity (Wildman–Crippen MR) is 108 cm³/mol. The first kappa shape index (κ1) is 21.7. The third kappa shape index (κ3) is 5.68. The molecule has 0 aliphatic carbocycles. The smallest absolute Gasteiger partial charge is 0.262 e. The molecule has 8 heteroatoms. The Morgan fingerprint density at radius 2 is 1.82 bits per heavy atom. The van der Waals surface area contributed by atoms with E-state index in [9.17, 15) is 14.0 Å². The van der Waals surface area contributed by atoms with Crippen molar-refractivity contribution in [1.29, 1.82) is 0 Å². The molecule has 150 valence electrons. The monoisotopic (exact) mass is 407 g/mol. The highest BCUT2D eigenvalue weighted by molar-refractivity contribution is 5.97. The van der Waals surface area contributed by atoms with E-state index in [0.717, 1.165) is 19.5 Å². The topological polar surface area (TPSA) is 70.7 Å². The standard InChI is InChI=1S/C20H22FN3O3.ClH/c21-16-7-2-3-8-17(16)23-19(25)14-27-18-9-4-1-6-15(18)20(26)24-12-5-10-22-11-13-24;/h1-4,6-9,22H,5,10-14H2,(H,23,25);1H. The van der Waals surface area contributed by atoms with Gasteiger partial charge in [0, 0.05) is 19.6 Å². The van der Waals surface area contributed by atoms with Crippen LogP contribution in [0.5, 0.6) is 5.75 Å². The van der Waals surface area contributed by atoms with E-state index in [0.29, 0.717) is 24.4 Å². The predicted octanol–water partition coefficient (Wildman–Crippen LogP) is 2.70. The van der Waals surface area contributed by atoms with Crippen molar-refractivity contribution in [3.05, 3.63) is 59.9 Å². The number of hydrogen-bond donors (Lipinski definition) is 2. The van der Waals surface area contributed by atoms with Crippen molar-refractivity contribution in [2.45, 2.75) is 6.42 Å². The van der Waals surface area contributed by atoms with Gasteiger partial charge in [-0.1, -0.05) is 24.3 Å². The molecule has 0 unspecified atom stereocenters. The molecule has 1 aliphatic heterocycles. The number of carbonyl (C=O) groups excluding carboxylic acids is 2. The second-order valence-electron chi connectivity index (χ2n) is 6.21. The van der Waals surface area contributed by atoms with Crippen molar-refractivity contribution in [3.8, 4) is 5.75 Å². The molecule has 0 bridgehead atoms. The van der Waals surface area contributed by atoms with Crippen LogP contribution in [0.3, 0.4) is 0 Å². The van der Waals surface area contributed by atoms with Gasteiger partial charge in [0.15, 0.2) is 6.61 Å². The fourth-order valence-corrected chi connectivity index (χ4v) is 2.88. The van der Waals surface area contributed by atoms with E-state index in [1.165, 1.54) is 12.1 Å². The summed E-state index contributed by atoms with van der Waals surface area (Å²) >= 11 is 0. The van der Waals surface area contributed by atoms with Gasteiger partial charge in [-0.2, -0.15) is 0 Å². The lowest BCUT2D eigenvalue weighted by Crippen LogP contribution is -2.34. The molecule has 1 aliphatic rings. The van der Waals surface area contributed by atoms with E-state index in [2.05, 4.69) is 10.6 Å². The van der Waals surface area contributed by atoms with Gasteiger partial charge in [0.2, 0.25) is 0 Å². The largest absolute Gasteiger partial charge is 0.483 e. The molecule has 0 atom stereocenters. The molecule has 2 N–H and O–H groups in total. The molecular weight excluding hydrogens is 385 g/mol. The van der Waals surface area contributed by atoms with E-state index in [-0.39, 0.29) is 30.6 Å². The molecule has 0 saturated carbocycles. The summed E-state index contributed by atoms with van der Waals surface area (Å²) in [5.74, 6) is -0.801. The van der Waals surface area contributed by atoms with Crippen LogP contribution in [0.2, 0.25) is 0 Å². The summed E-state index contributed by atoms with van der Waals surface area (Å²) < 4.78 is 19.2.